The third-order valence-electron chi connectivity index (χ3n) is 4.57. The van der Waals surface area contributed by atoms with Gasteiger partial charge in [0.05, 0.1) is 16.3 Å². The van der Waals surface area contributed by atoms with E-state index in [1.165, 1.54) is 25.3 Å². The molecule has 0 radical (unpaired) electrons. The first-order valence-electron chi connectivity index (χ1n) is 7.53. The Balaban J connectivity index is 1.71. The number of nitrogens with one attached hydrogen (secondary N) is 1. The van der Waals surface area contributed by atoms with E-state index in [0.717, 1.165) is 32.3 Å². The summed E-state index contributed by atoms with van der Waals surface area (Å²) >= 11 is 6.09. The predicted octanol–water partition coefficient (Wildman–Crippen LogP) is 4.77. The van der Waals surface area contributed by atoms with E-state index in [0.29, 0.717) is 10.7 Å². The smallest absolute Gasteiger partial charge is 0.147 e. The summed E-state index contributed by atoms with van der Waals surface area (Å²) in [5, 5.41) is 3.76. The fourth-order valence-electron chi connectivity index (χ4n) is 3.54. The van der Waals surface area contributed by atoms with Gasteiger partial charge in [0.15, 0.2) is 0 Å². The first-order chi connectivity index (χ1) is 9.69. The van der Waals surface area contributed by atoms with Crippen molar-refractivity contribution in [2.75, 3.05) is 11.9 Å². The second-order valence-corrected chi connectivity index (χ2v) is 6.43. The van der Waals surface area contributed by atoms with Gasteiger partial charge in [-0.15, -0.1) is 0 Å². The molecule has 1 unspecified atom stereocenters. The van der Waals surface area contributed by atoms with Crippen molar-refractivity contribution in [3.05, 3.63) is 29.0 Å². The number of rotatable bonds is 2. The van der Waals surface area contributed by atoms with E-state index in [4.69, 9.17) is 16.3 Å². The zero-order valence-electron chi connectivity index (χ0n) is 11.6. The van der Waals surface area contributed by atoms with Gasteiger partial charge in [-0.05, 0) is 37.8 Å². The van der Waals surface area contributed by atoms with E-state index >= 15 is 0 Å². The van der Waals surface area contributed by atoms with Gasteiger partial charge in [-0.2, -0.15) is 0 Å². The molecule has 1 aliphatic heterocycles. The molecule has 2 fully saturated rings. The molecule has 1 aromatic rings. The van der Waals surface area contributed by atoms with Crippen molar-refractivity contribution in [3.8, 4) is 0 Å². The minimum Gasteiger partial charge on any atom is -0.379 e. The van der Waals surface area contributed by atoms with Crippen LogP contribution in [0.25, 0.3) is 0 Å². The van der Waals surface area contributed by atoms with Gasteiger partial charge >= 0.3 is 0 Å². The Morgan fingerprint density at radius 2 is 2.05 bits per heavy atom. The molecule has 0 aromatic heterocycles. The van der Waals surface area contributed by atoms with Crippen LogP contribution >= 0.6 is 11.6 Å². The maximum absolute atomic E-state index is 13.9. The average molecular weight is 298 g/mol. The van der Waals surface area contributed by atoms with Crippen molar-refractivity contribution in [2.24, 2.45) is 0 Å². The Hall–Kier alpha value is -0.800. The fraction of sp³-hybridized carbons (Fsp3) is 0.625. The molecule has 110 valence electrons. The number of anilines is 1. The van der Waals surface area contributed by atoms with Gasteiger partial charge in [0.1, 0.15) is 5.82 Å². The van der Waals surface area contributed by atoms with E-state index in [9.17, 15) is 4.39 Å². The van der Waals surface area contributed by atoms with Gasteiger partial charge in [-0.25, -0.2) is 4.39 Å². The second-order valence-electron chi connectivity index (χ2n) is 6.02. The molecular weight excluding hydrogens is 277 g/mol. The summed E-state index contributed by atoms with van der Waals surface area (Å²) in [4.78, 5) is 0. The summed E-state index contributed by atoms with van der Waals surface area (Å²) in [5.41, 5.74) is 0.457. The van der Waals surface area contributed by atoms with Crippen molar-refractivity contribution in [2.45, 2.75) is 56.6 Å². The van der Waals surface area contributed by atoms with Crippen LogP contribution in [0.3, 0.4) is 0 Å². The number of hydrogen-bond donors (Lipinski definition) is 1. The number of halogens is 2. The fourth-order valence-corrected chi connectivity index (χ4v) is 3.75. The van der Waals surface area contributed by atoms with Crippen molar-refractivity contribution in [1.29, 1.82) is 0 Å². The molecule has 1 spiro atoms. The van der Waals surface area contributed by atoms with Crippen LogP contribution in [-0.2, 0) is 4.74 Å². The lowest BCUT2D eigenvalue weighted by atomic mass is 9.78. The number of ether oxygens (including phenoxy) is 1. The Bertz CT molecular complexity index is 448. The lowest BCUT2D eigenvalue weighted by molar-refractivity contribution is -0.103. The highest BCUT2D eigenvalue weighted by molar-refractivity contribution is 6.33. The molecule has 1 atom stereocenters. The predicted molar refractivity (Wildman–Crippen MR) is 79.8 cm³/mol. The van der Waals surface area contributed by atoms with Gasteiger partial charge in [-0.3, -0.25) is 0 Å². The van der Waals surface area contributed by atoms with E-state index in [1.54, 1.807) is 12.1 Å². The first-order valence-corrected chi connectivity index (χ1v) is 7.91. The molecule has 0 bridgehead atoms. The molecule has 1 N–H and O–H groups in total. The van der Waals surface area contributed by atoms with Gasteiger partial charge in [0, 0.05) is 12.6 Å². The molecule has 2 aliphatic rings. The molecule has 4 heteroatoms. The summed E-state index contributed by atoms with van der Waals surface area (Å²) in [6.45, 7) is 0.754. The van der Waals surface area contributed by atoms with Gasteiger partial charge in [0.25, 0.3) is 0 Å². The molecule has 1 saturated heterocycles. The van der Waals surface area contributed by atoms with Crippen molar-refractivity contribution in [1.82, 2.24) is 0 Å². The normalized spacial score (nSPS) is 25.6. The lowest BCUT2D eigenvalue weighted by Crippen LogP contribution is -2.45. The average Bonchev–Trinajstić information content (AvgIpc) is 2.44. The maximum atomic E-state index is 13.9. The largest absolute Gasteiger partial charge is 0.379 e. The number of hydrogen-bond acceptors (Lipinski definition) is 2. The molecule has 1 saturated carbocycles. The molecule has 20 heavy (non-hydrogen) atoms. The topological polar surface area (TPSA) is 21.3 Å². The number of para-hydroxylation sites is 1. The highest BCUT2D eigenvalue weighted by Crippen LogP contribution is 2.39. The molecule has 2 nitrogen and oxygen atoms in total. The third kappa shape index (κ3) is 2.94. The van der Waals surface area contributed by atoms with Gasteiger partial charge in [-0.1, -0.05) is 36.9 Å². The second kappa shape index (κ2) is 5.90. The minimum atomic E-state index is -0.276. The Kier molecular flexibility index (Phi) is 4.18. The zero-order valence-corrected chi connectivity index (χ0v) is 12.4. The molecule has 1 aliphatic carbocycles. The Morgan fingerprint density at radius 1 is 1.25 bits per heavy atom. The quantitative estimate of drug-likeness (QED) is 0.849. The summed E-state index contributed by atoms with van der Waals surface area (Å²) < 4.78 is 19.9. The summed E-state index contributed by atoms with van der Waals surface area (Å²) in [5.74, 6) is -0.276. The standard InChI is InChI=1S/C16H21ClFNO/c17-13-5-4-6-14(18)15(13)19-12-7-10-20-16(11-12)8-2-1-3-9-16/h4-6,12,19H,1-3,7-11H2. The first kappa shape index (κ1) is 14.2. The van der Waals surface area contributed by atoms with E-state index in [2.05, 4.69) is 5.32 Å². The van der Waals surface area contributed by atoms with Crippen LogP contribution in [-0.4, -0.2) is 18.2 Å². The van der Waals surface area contributed by atoms with E-state index < -0.39 is 0 Å². The minimum absolute atomic E-state index is 0.0197. The van der Waals surface area contributed by atoms with Crippen LogP contribution in [0.15, 0.2) is 18.2 Å². The van der Waals surface area contributed by atoms with E-state index in [1.807, 2.05) is 0 Å². The summed E-state index contributed by atoms with van der Waals surface area (Å²) in [6.07, 6.45) is 7.93. The number of benzene rings is 1. The maximum Gasteiger partial charge on any atom is 0.147 e. The van der Waals surface area contributed by atoms with Gasteiger partial charge < -0.3 is 10.1 Å². The molecule has 3 rings (SSSR count). The van der Waals surface area contributed by atoms with Crippen LogP contribution in [0.2, 0.25) is 5.02 Å². The van der Waals surface area contributed by atoms with Crippen LogP contribution in [0.1, 0.15) is 44.9 Å². The third-order valence-corrected chi connectivity index (χ3v) is 4.88. The monoisotopic (exact) mass is 297 g/mol. The lowest BCUT2D eigenvalue weighted by Gasteiger charge is -2.44. The van der Waals surface area contributed by atoms with E-state index in [-0.39, 0.29) is 17.5 Å². The van der Waals surface area contributed by atoms with Crippen LogP contribution in [0.5, 0.6) is 0 Å². The van der Waals surface area contributed by atoms with Crippen molar-refractivity contribution >= 4 is 17.3 Å². The van der Waals surface area contributed by atoms with Gasteiger partial charge in [0.2, 0.25) is 0 Å². The highest BCUT2D eigenvalue weighted by atomic mass is 35.5. The molecule has 1 aromatic carbocycles. The van der Waals surface area contributed by atoms with Crippen molar-refractivity contribution in [3.63, 3.8) is 0 Å². The zero-order chi connectivity index (χ0) is 14.0. The molecule has 1 heterocycles. The highest BCUT2D eigenvalue weighted by Gasteiger charge is 2.38. The Morgan fingerprint density at radius 3 is 2.80 bits per heavy atom. The Labute approximate surface area is 124 Å². The molecular formula is C16H21ClFNO. The summed E-state index contributed by atoms with van der Waals surface area (Å²) in [6, 6.07) is 5.05. The van der Waals surface area contributed by atoms with Crippen molar-refractivity contribution < 1.29 is 9.13 Å². The SMILES string of the molecule is Fc1cccc(Cl)c1NC1CCOC2(CCCCC2)C1. The van der Waals surface area contributed by atoms with Crippen LogP contribution in [0, 0.1) is 5.82 Å². The summed E-state index contributed by atoms with van der Waals surface area (Å²) in [7, 11) is 0. The van der Waals surface area contributed by atoms with Crippen LogP contribution < -0.4 is 5.32 Å². The molecule has 0 amide bonds. The van der Waals surface area contributed by atoms with Crippen LogP contribution in [0.4, 0.5) is 10.1 Å².